The van der Waals surface area contributed by atoms with Crippen molar-refractivity contribution >= 4 is 0 Å². The molecule has 1 heterocycles. The minimum atomic E-state index is -0.195. The third-order valence-electron chi connectivity index (χ3n) is 2.57. The van der Waals surface area contributed by atoms with Crippen molar-refractivity contribution in [2.24, 2.45) is 0 Å². The zero-order valence-electron chi connectivity index (χ0n) is 8.71. The van der Waals surface area contributed by atoms with Crippen LogP contribution < -0.4 is 10.6 Å². The van der Waals surface area contributed by atoms with E-state index in [1.165, 1.54) is 12.8 Å². The SMILES string of the molecule is CC(O)CC(C)NCC1CCCN1. The average Bonchev–Trinajstić information content (AvgIpc) is 2.51. The van der Waals surface area contributed by atoms with E-state index in [9.17, 15) is 0 Å². The Morgan fingerprint density at radius 2 is 2.31 bits per heavy atom. The van der Waals surface area contributed by atoms with Gasteiger partial charge in [0.25, 0.3) is 0 Å². The van der Waals surface area contributed by atoms with Gasteiger partial charge in [0.2, 0.25) is 0 Å². The van der Waals surface area contributed by atoms with Crippen molar-refractivity contribution in [3.8, 4) is 0 Å². The van der Waals surface area contributed by atoms with Gasteiger partial charge in [0, 0.05) is 18.6 Å². The van der Waals surface area contributed by atoms with Gasteiger partial charge in [0.15, 0.2) is 0 Å². The molecular formula is C10H22N2O. The van der Waals surface area contributed by atoms with Crippen molar-refractivity contribution in [3.63, 3.8) is 0 Å². The van der Waals surface area contributed by atoms with Crippen molar-refractivity contribution in [1.82, 2.24) is 10.6 Å². The van der Waals surface area contributed by atoms with E-state index in [0.717, 1.165) is 19.5 Å². The Balaban J connectivity index is 2.03. The van der Waals surface area contributed by atoms with Gasteiger partial charge >= 0.3 is 0 Å². The Bertz CT molecular complexity index is 133. The zero-order valence-corrected chi connectivity index (χ0v) is 8.71. The smallest absolute Gasteiger partial charge is 0.0526 e. The maximum absolute atomic E-state index is 9.16. The first kappa shape index (κ1) is 11.0. The number of aliphatic hydroxyl groups is 1. The van der Waals surface area contributed by atoms with Crippen molar-refractivity contribution in [1.29, 1.82) is 0 Å². The highest BCUT2D eigenvalue weighted by Gasteiger charge is 2.14. The molecule has 1 aliphatic rings. The lowest BCUT2D eigenvalue weighted by Gasteiger charge is -2.18. The first-order valence-electron chi connectivity index (χ1n) is 5.33. The molecule has 0 spiro atoms. The van der Waals surface area contributed by atoms with E-state index in [4.69, 9.17) is 5.11 Å². The van der Waals surface area contributed by atoms with Crippen LogP contribution in [0.5, 0.6) is 0 Å². The standard InChI is InChI=1S/C10H22N2O/c1-8(6-9(2)13)12-7-10-4-3-5-11-10/h8-13H,3-7H2,1-2H3. The summed E-state index contributed by atoms with van der Waals surface area (Å²) in [7, 11) is 0. The summed E-state index contributed by atoms with van der Waals surface area (Å²) in [6.45, 7) is 6.17. The highest BCUT2D eigenvalue weighted by molar-refractivity contribution is 4.77. The van der Waals surface area contributed by atoms with Crippen LogP contribution in [0.4, 0.5) is 0 Å². The van der Waals surface area contributed by atoms with Crippen LogP contribution in [-0.2, 0) is 0 Å². The molecule has 1 aliphatic heterocycles. The molecule has 0 saturated carbocycles. The summed E-state index contributed by atoms with van der Waals surface area (Å²) in [4.78, 5) is 0. The average molecular weight is 186 g/mol. The van der Waals surface area contributed by atoms with Crippen LogP contribution >= 0.6 is 0 Å². The van der Waals surface area contributed by atoms with Gasteiger partial charge < -0.3 is 15.7 Å². The molecule has 0 bridgehead atoms. The second-order valence-corrected chi connectivity index (χ2v) is 4.19. The number of aliphatic hydroxyl groups excluding tert-OH is 1. The second-order valence-electron chi connectivity index (χ2n) is 4.19. The van der Waals surface area contributed by atoms with Crippen LogP contribution in [0.3, 0.4) is 0 Å². The van der Waals surface area contributed by atoms with E-state index >= 15 is 0 Å². The molecule has 3 nitrogen and oxygen atoms in total. The van der Waals surface area contributed by atoms with Crippen molar-refractivity contribution in [2.75, 3.05) is 13.1 Å². The van der Waals surface area contributed by atoms with Gasteiger partial charge in [0.1, 0.15) is 0 Å². The molecule has 0 aromatic heterocycles. The zero-order chi connectivity index (χ0) is 9.68. The summed E-state index contributed by atoms with van der Waals surface area (Å²) < 4.78 is 0. The summed E-state index contributed by atoms with van der Waals surface area (Å²) in [5.41, 5.74) is 0. The van der Waals surface area contributed by atoms with E-state index in [-0.39, 0.29) is 6.10 Å². The quantitative estimate of drug-likeness (QED) is 0.585. The summed E-state index contributed by atoms with van der Waals surface area (Å²) in [6, 6.07) is 1.07. The fourth-order valence-electron chi connectivity index (χ4n) is 1.87. The maximum atomic E-state index is 9.16. The van der Waals surface area contributed by atoms with Gasteiger partial charge in [-0.15, -0.1) is 0 Å². The van der Waals surface area contributed by atoms with Gasteiger partial charge in [-0.1, -0.05) is 0 Å². The summed E-state index contributed by atoms with van der Waals surface area (Å²) in [5, 5.41) is 16.0. The topological polar surface area (TPSA) is 44.3 Å². The lowest BCUT2D eigenvalue weighted by Crippen LogP contribution is -2.39. The van der Waals surface area contributed by atoms with E-state index in [2.05, 4.69) is 17.6 Å². The molecule has 3 atom stereocenters. The Labute approximate surface area is 80.9 Å². The first-order valence-corrected chi connectivity index (χ1v) is 5.33. The number of hydrogen-bond acceptors (Lipinski definition) is 3. The molecule has 1 saturated heterocycles. The van der Waals surface area contributed by atoms with E-state index in [0.29, 0.717) is 12.1 Å². The molecule has 1 rings (SSSR count). The molecule has 0 aromatic carbocycles. The minimum Gasteiger partial charge on any atom is -0.393 e. The molecule has 0 amide bonds. The van der Waals surface area contributed by atoms with Crippen LogP contribution in [-0.4, -0.2) is 36.4 Å². The minimum absolute atomic E-state index is 0.195. The normalized spacial score (nSPS) is 27.5. The molecule has 78 valence electrons. The monoisotopic (exact) mass is 186 g/mol. The molecule has 13 heavy (non-hydrogen) atoms. The van der Waals surface area contributed by atoms with Crippen LogP contribution in [0.25, 0.3) is 0 Å². The highest BCUT2D eigenvalue weighted by Crippen LogP contribution is 2.04. The first-order chi connectivity index (χ1) is 6.18. The maximum Gasteiger partial charge on any atom is 0.0526 e. The third-order valence-corrected chi connectivity index (χ3v) is 2.57. The van der Waals surface area contributed by atoms with Crippen molar-refractivity contribution < 1.29 is 5.11 Å². The van der Waals surface area contributed by atoms with E-state index in [1.54, 1.807) is 0 Å². The summed E-state index contributed by atoms with van der Waals surface area (Å²) >= 11 is 0. The second kappa shape index (κ2) is 5.58. The Hall–Kier alpha value is -0.120. The van der Waals surface area contributed by atoms with Gasteiger partial charge in [-0.3, -0.25) is 0 Å². The number of rotatable bonds is 5. The van der Waals surface area contributed by atoms with E-state index in [1.807, 2.05) is 6.92 Å². The van der Waals surface area contributed by atoms with Crippen molar-refractivity contribution in [3.05, 3.63) is 0 Å². The Morgan fingerprint density at radius 1 is 1.54 bits per heavy atom. The predicted molar refractivity (Wildman–Crippen MR) is 54.8 cm³/mol. The molecule has 0 aromatic rings. The van der Waals surface area contributed by atoms with Crippen LogP contribution in [0.1, 0.15) is 33.1 Å². The molecular weight excluding hydrogens is 164 g/mol. The molecule has 0 radical (unpaired) electrons. The molecule has 3 heteroatoms. The molecule has 0 aliphatic carbocycles. The highest BCUT2D eigenvalue weighted by atomic mass is 16.3. The van der Waals surface area contributed by atoms with Gasteiger partial charge in [0.05, 0.1) is 6.10 Å². The van der Waals surface area contributed by atoms with Gasteiger partial charge in [-0.2, -0.15) is 0 Å². The molecule has 3 N–H and O–H groups in total. The third kappa shape index (κ3) is 4.60. The lowest BCUT2D eigenvalue weighted by atomic mass is 10.1. The summed E-state index contributed by atoms with van der Waals surface area (Å²) in [5.74, 6) is 0. The van der Waals surface area contributed by atoms with Crippen LogP contribution in [0.2, 0.25) is 0 Å². The number of hydrogen-bond donors (Lipinski definition) is 3. The lowest BCUT2D eigenvalue weighted by molar-refractivity contribution is 0.170. The largest absolute Gasteiger partial charge is 0.393 e. The Morgan fingerprint density at radius 3 is 2.85 bits per heavy atom. The predicted octanol–water partition coefficient (Wildman–Crippen LogP) is 0.487. The van der Waals surface area contributed by atoms with Gasteiger partial charge in [-0.25, -0.2) is 0 Å². The summed E-state index contributed by atoms with van der Waals surface area (Å²) in [6.07, 6.45) is 3.23. The van der Waals surface area contributed by atoms with Gasteiger partial charge in [-0.05, 0) is 39.7 Å². The van der Waals surface area contributed by atoms with E-state index < -0.39 is 0 Å². The van der Waals surface area contributed by atoms with Crippen molar-refractivity contribution in [2.45, 2.75) is 51.3 Å². The van der Waals surface area contributed by atoms with Crippen LogP contribution in [0.15, 0.2) is 0 Å². The Kier molecular flexibility index (Phi) is 4.70. The number of nitrogens with one attached hydrogen (secondary N) is 2. The van der Waals surface area contributed by atoms with Crippen LogP contribution in [0, 0.1) is 0 Å². The molecule has 3 unspecified atom stereocenters. The molecule has 1 fully saturated rings. The fourth-order valence-corrected chi connectivity index (χ4v) is 1.87. The fraction of sp³-hybridized carbons (Fsp3) is 1.00.